The Labute approximate surface area is 294 Å². The van der Waals surface area contributed by atoms with Crippen LogP contribution < -0.4 is 15.5 Å². The zero-order chi connectivity index (χ0) is 36.6. The highest BCUT2D eigenvalue weighted by molar-refractivity contribution is 5.87. The summed E-state index contributed by atoms with van der Waals surface area (Å²) in [7, 11) is 0. The van der Waals surface area contributed by atoms with Crippen LogP contribution in [-0.4, -0.2) is 103 Å². The summed E-state index contributed by atoms with van der Waals surface area (Å²) in [5, 5.41) is 6.05. The molecule has 0 saturated carbocycles. The van der Waals surface area contributed by atoms with E-state index in [1.165, 1.54) is 12.5 Å². The summed E-state index contributed by atoms with van der Waals surface area (Å²) in [6.45, 7) is 24.3. The molecule has 1 atom stereocenters. The molecule has 2 N–H and O–H groups in total. The number of rotatable bonds is 12. The third-order valence-corrected chi connectivity index (χ3v) is 8.00. The zero-order valence-electron chi connectivity index (χ0n) is 30.6. The quantitative estimate of drug-likeness (QED) is 0.201. The van der Waals surface area contributed by atoms with Crippen LogP contribution in [0.5, 0.6) is 0 Å². The lowest BCUT2D eigenvalue weighted by Gasteiger charge is -2.40. The lowest BCUT2D eigenvalue weighted by atomic mass is 10.1. The number of benzene rings is 1. The van der Waals surface area contributed by atoms with Crippen LogP contribution in [0.25, 0.3) is 6.08 Å². The first kappa shape index (κ1) is 42.5. The maximum atomic E-state index is 12.0. The fourth-order valence-corrected chi connectivity index (χ4v) is 5.54. The van der Waals surface area contributed by atoms with E-state index < -0.39 is 0 Å². The van der Waals surface area contributed by atoms with E-state index in [9.17, 15) is 14.4 Å². The second-order valence-corrected chi connectivity index (χ2v) is 11.3. The average molecular weight is 678 g/mol. The Hall–Kier alpha value is -4.51. The molecule has 11 heteroatoms. The van der Waals surface area contributed by atoms with Crippen LogP contribution in [0.3, 0.4) is 0 Å². The molecule has 270 valence electrons. The van der Waals surface area contributed by atoms with Crippen LogP contribution in [0.2, 0.25) is 0 Å². The minimum Gasteiger partial charge on any atom is -0.368 e. The van der Waals surface area contributed by atoms with Crippen LogP contribution in [0.1, 0.15) is 72.8 Å². The van der Waals surface area contributed by atoms with Gasteiger partial charge in [-0.05, 0) is 55.3 Å². The van der Waals surface area contributed by atoms with Crippen molar-refractivity contribution in [3.8, 4) is 0 Å². The predicted octanol–water partition coefficient (Wildman–Crippen LogP) is 6.22. The van der Waals surface area contributed by atoms with Gasteiger partial charge < -0.3 is 30.1 Å². The number of piperazine rings is 2. The summed E-state index contributed by atoms with van der Waals surface area (Å²) in [5.41, 5.74) is 2.85. The van der Waals surface area contributed by atoms with Gasteiger partial charge in [-0.15, -0.1) is 0 Å². The van der Waals surface area contributed by atoms with Gasteiger partial charge in [0.05, 0.1) is 0 Å². The predicted molar refractivity (Wildman–Crippen MR) is 203 cm³/mol. The van der Waals surface area contributed by atoms with Crippen molar-refractivity contribution in [3.05, 3.63) is 60.7 Å². The smallest absolute Gasteiger partial charge is 0.246 e. The molecule has 2 saturated heterocycles. The van der Waals surface area contributed by atoms with Crippen molar-refractivity contribution in [2.24, 2.45) is 0 Å². The first-order valence-electron chi connectivity index (χ1n) is 17.6. The molecule has 2 aromatic rings. The molecule has 4 rings (SSSR count). The Morgan fingerprint density at radius 2 is 1.55 bits per heavy atom. The van der Waals surface area contributed by atoms with Crippen LogP contribution in [0.4, 0.5) is 23.0 Å². The van der Waals surface area contributed by atoms with Crippen molar-refractivity contribution in [3.63, 3.8) is 0 Å². The normalized spacial score (nSPS) is 15.8. The first-order valence-corrected chi connectivity index (χ1v) is 17.6. The van der Waals surface area contributed by atoms with Crippen molar-refractivity contribution in [2.75, 3.05) is 67.9 Å². The maximum absolute atomic E-state index is 12.0. The number of nitrogens with zero attached hydrogens (tertiary/aromatic N) is 5. The SMILES string of the molecule is C=CC(=O)N1CCN(CC/C=C\c2ccc(Nc3ccc(N4CCN(C(=O)CC)CC4)cc3)nc2NC=O)C(CC)C1.C=O.CC.CCC. The molecule has 0 spiro atoms. The third-order valence-electron chi connectivity index (χ3n) is 8.00. The zero-order valence-corrected chi connectivity index (χ0v) is 30.6. The van der Waals surface area contributed by atoms with Crippen molar-refractivity contribution >= 4 is 54.1 Å². The number of nitrogens with one attached hydrogen (secondary N) is 2. The number of amides is 3. The fraction of sp³-hybridized carbons (Fsp3) is 0.500. The van der Waals surface area contributed by atoms with E-state index in [1.54, 1.807) is 0 Å². The Balaban J connectivity index is 0.00000160. The van der Waals surface area contributed by atoms with Gasteiger partial charge in [0, 0.05) is 81.8 Å². The summed E-state index contributed by atoms with van der Waals surface area (Å²) in [6, 6.07) is 12.3. The number of pyridine rings is 1. The van der Waals surface area contributed by atoms with Crippen molar-refractivity contribution in [2.45, 2.75) is 73.3 Å². The van der Waals surface area contributed by atoms with Gasteiger partial charge in [0.1, 0.15) is 18.4 Å². The average Bonchev–Trinajstić information content (AvgIpc) is 3.16. The van der Waals surface area contributed by atoms with E-state index >= 15 is 0 Å². The molecule has 49 heavy (non-hydrogen) atoms. The number of aromatic nitrogens is 1. The highest BCUT2D eigenvalue weighted by Gasteiger charge is 2.26. The topological polar surface area (TPSA) is 118 Å². The van der Waals surface area contributed by atoms with E-state index in [1.807, 2.05) is 67.7 Å². The van der Waals surface area contributed by atoms with Crippen molar-refractivity contribution < 1.29 is 19.2 Å². The number of hydrogen-bond acceptors (Lipinski definition) is 8. The fourth-order valence-electron chi connectivity index (χ4n) is 5.54. The summed E-state index contributed by atoms with van der Waals surface area (Å²) in [5.74, 6) is 1.34. The molecular weight excluding hydrogens is 618 g/mol. The molecule has 2 aliphatic heterocycles. The molecule has 1 unspecified atom stereocenters. The Bertz CT molecular complexity index is 1290. The molecule has 3 heterocycles. The van der Waals surface area contributed by atoms with Crippen LogP contribution >= 0.6 is 0 Å². The maximum Gasteiger partial charge on any atom is 0.246 e. The summed E-state index contributed by atoms with van der Waals surface area (Å²) in [4.78, 5) is 56.4. The van der Waals surface area contributed by atoms with E-state index in [2.05, 4.69) is 71.0 Å². The summed E-state index contributed by atoms with van der Waals surface area (Å²) < 4.78 is 0. The van der Waals surface area contributed by atoms with Gasteiger partial charge in [0.25, 0.3) is 0 Å². The van der Waals surface area contributed by atoms with Gasteiger partial charge in [-0.3, -0.25) is 19.3 Å². The third kappa shape index (κ3) is 13.9. The van der Waals surface area contributed by atoms with Gasteiger partial charge >= 0.3 is 0 Å². The Kier molecular flexibility index (Phi) is 21.3. The van der Waals surface area contributed by atoms with Gasteiger partial charge in [-0.25, -0.2) is 4.98 Å². The standard InChI is InChI=1S/C32H43N7O3.C3H8.C2H6.CH2O/c1-4-27-23-39(31(42)6-3)22-19-36(27)16-8-7-9-25-10-15-29(35-32(25)33-24-40)34-26-11-13-28(14-12-26)37-17-20-38(21-18-37)30(41)5-2;1-3-2;2*1-2/h6-7,9-15,24,27H,3-5,8,16-23H2,1-2H3,(H2,33,34,35,40);3H2,1-2H3;1-2H3;1H2/b9-7-;;;. The minimum atomic E-state index is 0.00160. The minimum absolute atomic E-state index is 0.00160. The highest BCUT2D eigenvalue weighted by atomic mass is 16.2. The molecule has 3 amide bonds. The number of hydrogen-bond donors (Lipinski definition) is 2. The van der Waals surface area contributed by atoms with Gasteiger partial charge in [-0.2, -0.15) is 0 Å². The van der Waals surface area contributed by atoms with Gasteiger partial charge in [0.15, 0.2) is 0 Å². The molecule has 0 bridgehead atoms. The second-order valence-electron chi connectivity index (χ2n) is 11.3. The van der Waals surface area contributed by atoms with Crippen LogP contribution in [0.15, 0.2) is 55.1 Å². The first-order chi connectivity index (χ1) is 23.9. The van der Waals surface area contributed by atoms with E-state index in [0.717, 1.165) is 82.1 Å². The number of carbonyl (C=O) groups excluding carboxylic acids is 4. The Morgan fingerprint density at radius 3 is 2.12 bits per heavy atom. The molecule has 2 aliphatic rings. The Morgan fingerprint density at radius 1 is 0.918 bits per heavy atom. The summed E-state index contributed by atoms with van der Waals surface area (Å²) in [6.07, 6.45) is 9.76. The molecule has 11 nitrogen and oxygen atoms in total. The van der Waals surface area contributed by atoms with E-state index in [0.29, 0.717) is 30.5 Å². The van der Waals surface area contributed by atoms with Crippen molar-refractivity contribution in [1.29, 1.82) is 0 Å². The second kappa shape index (κ2) is 24.6. The highest BCUT2D eigenvalue weighted by Crippen LogP contribution is 2.24. The molecular formula is C38H59N7O4. The van der Waals surface area contributed by atoms with Gasteiger partial charge in [-0.1, -0.05) is 66.7 Å². The van der Waals surface area contributed by atoms with Gasteiger partial charge in [0.2, 0.25) is 18.2 Å². The number of carbonyl (C=O) groups is 4. The van der Waals surface area contributed by atoms with E-state index in [4.69, 9.17) is 4.79 Å². The van der Waals surface area contributed by atoms with E-state index in [-0.39, 0.29) is 11.8 Å². The molecule has 1 aromatic heterocycles. The molecule has 1 aromatic carbocycles. The molecule has 0 aliphatic carbocycles. The lowest BCUT2D eigenvalue weighted by molar-refractivity contribution is -0.131. The van der Waals surface area contributed by atoms with Crippen LogP contribution in [-0.2, 0) is 19.2 Å². The number of anilines is 4. The summed E-state index contributed by atoms with van der Waals surface area (Å²) >= 11 is 0. The largest absolute Gasteiger partial charge is 0.368 e. The van der Waals surface area contributed by atoms with Crippen molar-refractivity contribution in [1.82, 2.24) is 19.7 Å². The monoisotopic (exact) mass is 677 g/mol. The molecule has 2 fully saturated rings. The lowest BCUT2D eigenvalue weighted by Crippen LogP contribution is -2.54. The van der Waals surface area contributed by atoms with Crippen LogP contribution in [0, 0.1) is 0 Å². The molecule has 0 radical (unpaired) electrons.